The molecule has 0 saturated heterocycles. The molecule has 0 unspecified atom stereocenters. The molecule has 9 aromatic rings. The van der Waals surface area contributed by atoms with E-state index in [-0.39, 0.29) is 49.7 Å². The largest absolute Gasteiger partial charge is 0.487 e. The summed E-state index contributed by atoms with van der Waals surface area (Å²) in [5.41, 5.74) is 26.6. The SMILES string of the molecule is CO/N=C/c1c(N)ncnc1Nc1ccc2c(c1)CCN2Cc1cccc(F)c1.Nc1ncnc(Nc2ccc(OCc3cccc(F)c3)c(Cl)c2)c1/C=N/OCCCO.Nc1ncnc(Nc2ccc(OCc3ccccc3)c(Cl)c2)c1/C=N/OCCCO. The molecule has 6 aromatic carbocycles. The van der Waals surface area contributed by atoms with E-state index in [4.69, 9.17) is 74.6 Å². The van der Waals surface area contributed by atoms with Gasteiger partial charge in [0.1, 0.15) is 111 Å². The van der Waals surface area contributed by atoms with Crippen LogP contribution >= 0.6 is 23.2 Å². The Morgan fingerprint density at radius 2 is 1.00 bits per heavy atom. The number of nitrogen functional groups attached to an aromatic ring is 3. The van der Waals surface area contributed by atoms with Gasteiger partial charge in [0.25, 0.3) is 0 Å². The molecule has 23 nitrogen and oxygen atoms in total. The first-order valence-corrected chi connectivity index (χ1v) is 28.6. The minimum Gasteiger partial charge on any atom is -0.487 e. The monoisotopic (exact) mass is 1260 g/mol. The fourth-order valence-electron chi connectivity index (χ4n) is 8.45. The highest BCUT2D eigenvalue weighted by molar-refractivity contribution is 6.32. The second-order valence-corrected chi connectivity index (χ2v) is 20.1. The third kappa shape index (κ3) is 19.8. The van der Waals surface area contributed by atoms with Crippen molar-refractivity contribution in [3.63, 3.8) is 0 Å². The molecule has 1 aliphatic rings. The number of rotatable bonds is 26. The first-order valence-electron chi connectivity index (χ1n) is 27.8. The molecule has 3 aromatic heterocycles. The van der Waals surface area contributed by atoms with Crippen LogP contribution in [0, 0.1) is 11.6 Å². The molecule has 0 saturated carbocycles. The van der Waals surface area contributed by atoms with Crippen molar-refractivity contribution < 1.29 is 43.0 Å². The summed E-state index contributed by atoms with van der Waals surface area (Å²) in [6, 6.07) is 39.3. The third-order valence-electron chi connectivity index (χ3n) is 12.8. The first-order chi connectivity index (χ1) is 43.9. The van der Waals surface area contributed by atoms with Gasteiger partial charge in [-0.15, -0.1) is 0 Å². The van der Waals surface area contributed by atoms with Gasteiger partial charge in [-0.2, -0.15) is 0 Å². The number of nitrogens with two attached hydrogens (primary N) is 3. The number of nitrogens with zero attached hydrogens (tertiary/aromatic N) is 10. The zero-order valence-corrected chi connectivity index (χ0v) is 50.1. The number of aliphatic hydroxyl groups is 2. The molecule has 1 aliphatic heterocycles. The number of aromatic nitrogens is 6. The fourth-order valence-corrected chi connectivity index (χ4v) is 8.92. The van der Waals surface area contributed by atoms with Crippen LogP contribution in [-0.2, 0) is 40.7 Å². The van der Waals surface area contributed by atoms with Crippen LogP contribution in [0.25, 0.3) is 0 Å². The topological polar surface area (TPSA) is 318 Å². The summed E-state index contributed by atoms with van der Waals surface area (Å²) in [6.45, 7) is 2.79. The summed E-state index contributed by atoms with van der Waals surface area (Å²) in [5, 5.41) is 39.3. The highest BCUT2D eigenvalue weighted by Gasteiger charge is 2.21. The Bertz CT molecular complexity index is 3880. The van der Waals surface area contributed by atoms with Crippen LogP contribution in [0.5, 0.6) is 11.5 Å². The van der Waals surface area contributed by atoms with Gasteiger partial charge >= 0.3 is 0 Å². The normalized spacial score (nSPS) is 11.6. The summed E-state index contributed by atoms with van der Waals surface area (Å²) in [6.07, 6.45) is 10.2. The quantitative estimate of drug-likeness (QED) is 0.0142. The molecule has 466 valence electrons. The van der Waals surface area contributed by atoms with Gasteiger partial charge in [-0.05, 0) is 108 Å². The van der Waals surface area contributed by atoms with Crippen LogP contribution in [-0.4, -0.2) is 98.8 Å². The van der Waals surface area contributed by atoms with Crippen molar-refractivity contribution in [3.8, 4) is 11.5 Å². The number of anilines is 10. The maximum absolute atomic E-state index is 13.5. The molecular weight excluding hydrogens is 1200 g/mol. The van der Waals surface area contributed by atoms with E-state index in [9.17, 15) is 8.78 Å². The number of aliphatic hydroxyl groups excluding tert-OH is 2. The average molecular weight is 1270 g/mol. The van der Waals surface area contributed by atoms with E-state index in [1.165, 1.54) is 68.5 Å². The third-order valence-corrected chi connectivity index (χ3v) is 13.4. The molecular formula is C63H64Cl2F2N16O7. The Balaban J connectivity index is 0.000000174. The number of halogens is 4. The maximum Gasteiger partial charge on any atom is 0.144 e. The Labute approximate surface area is 527 Å². The van der Waals surface area contributed by atoms with Crippen molar-refractivity contribution in [1.82, 2.24) is 29.9 Å². The van der Waals surface area contributed by atoms with Crippen LogP contribution < -0.4 is 47.5 Å². The first kappa shape index (κ1) is 65.5. The van der Waals surface area contributed by atoms with Crippen LogP contribution in [0.1, 0.15) is 51.8 Å². The van der Waals surface area contributed by atoms with E-state index >= 15 is 0 Å². The van der Waals surface area contributed by atoms with Gasteiger partial charge in [-0.25, -0.2) is 38.7 Å². The summed E-state index contributed by atoms with van der Waals surface area (Å²) in [5.74, 6) is 2.68. The Morgan fingerprint density at radius 3 is 1.49 bits per heavy atom. The lowest BCUT2D eigenvalue weighted by molar-refractivity contribution is 0.125. The molecule has 0 spiro atoms. The summed E-state index contributed by atoms with van der Waals surface area (Å²) >= 11 is 12.7. The van der Waals surface area contributed by atoms with Crippen LogP contribution in [0.4, 0.5) is 66.4 Å². The second-order valence-electron chi connectivity index (χ2n) is 19.3. The lowest BCUT2D eigenvalue weighted by Gasteiger charge is -2.20. The number of hydrogen-bond donors (Lipinski definition) is 8. The average Bonchev–Trinajstić information content (AvgIpc) is 2.68. The minimum absolute atomic E-state index is 0.0155. The second kappa shape index (κ2) is 34.2. The van der Waals surface area contributed by atoms with E-state index in [1.807, 2.05) is 48.5 Å². The van der Waals surface area contributed by atoms with Crippen molar-refractivity contribution >= 4 is 99.5 Å². The van der Waals surface area contributed by atoms with Crippen LogP contribution in [0.2, 0.25) is 10.0 Å². The van der Waals surface area contributed by atoms with Crippen LogP contribution in [0.15, 0.2) is 168 Å². The lowest BCUT2D eigenvalue weighted by Crippen LogP contribution is -2.19. The van der Waals surface area contributed by atoms with Crippen LogP contribution in [0.3, 0.4) is 0 Å². The van der Waals surface area contributed by atoms with Gasteiger partial charge in [-0.1, -0.05) is 93.3 Å². The molecule has 0 fully saturated rings. The van der Waals surface area contributed by atoms with E-state index in [1.54, 1.807) is 54.6 Å². The Hall–Kier alpha value is -10.5. The van der Waals surface area contributed by atoms with Gasteiger partial charge in [0.2, 0.25) is 0 Å². The molecule has 0 aliphatic carbocycles. The molecule has 10 rings (SSSR count). The number of hydrogen-bond acceptors (Lipinski definition) is 23. The summed E-state index contributed by atoms with van der Waals surface area (Å²) in [7, 11) is 1.46. The smallest absolute Gasteiger partial charge is 0.144 e. The summed E-state index contributed by atoms with van der Waals surface area (Å²) < 4.78 is 38.2. The maximum atomic E-state index is 13.5. The predicted octanol–water partition coefficient (Wildman–Crippen LogP) is 11.2. The van der Waals surface area contributed by atoms with Gasteiger partial charge < -0.3 is 72.3 Å². The zero-order valence-electron chi connectivity index (χ0n) is 48.6. The molecule has 0 bridgehead atoms. The van der Waals surface area contributed by atoms with Crippen molar-refractivity contribution in [2.24, 2.45) is 15.5 Å². The van der Waals surface area contributed by atoms with E-state index < -0.39 is 0 Å². The summed E-state index contributed by atoms with van der Waals surface area (Å²) in [4.78, 5) is 41.7. The zero-order chi connectivity index (χ0) is 63.5. The Kier molecular flexibility index (Phi) is 24.9. The van der Waals surface area contributed by atoms with Gasteiger partial charge in [0.05, 0.1) is 45.4 Å². The van der Waals surface area contributed by atoms with E-state index in [0.29, 0.717) is 111 Å². The van der Waals surface area contributed by atoms with Crippen molar-refractivity contribution in [3.05, 3.63) is 213 Å². The number of benzene rings is 6. The molecule has 11 N–H and O–H groups in total. The molecule has 0 atom stereocenters. The molecule has 90 heavy (non-hydrogen) atoms. The molecule has 4 heterocycles. The van der Waals surface area contributed by atoms with E-state index in [0.717, 1.165) is 35.5 Å². The van der Waals surface area contributed by atoms with Crippen molar-refractivity contribution in [1.29, 1.82) is 0 Å². The minimum atomic E-state index is -0.325. The van der Waals surface area contributed by atoms with Gasteiger partial charge in [-0.3, -0.25) is 0 Å². The molecule has 27 heteroatoms. The molecule has 0 radical (unpaired) electrons. The van der Waals surface area contributed by atoms with Crippen molar-refractivity contribution in [2.75, 3.05) is 78.1 Å². The molecule has 0 amide bonds. The van der Waals surface area contributed by atoms with E-state index in [2.05, 4.69) is 78.4 Å². The lowest BCUT2D eigenvalue weighted by atomic mass is 10.1. The number of oxime groups is 3. The van der Waals surface area contributed by atoms with Gasteiger partial charge in [0.15, 0.2) is 0 Å². The number of nitrogens with one attached hydrogen (secondary N) is 3. The Morgan fingerprint density at radius 1 is 0.544 bits per heavy atom. The predicted molar refractivity (Wildman–Crippen MR) is 346 cm³/mol. The fraction of sp³-hybridized carbons (Fsp3) is 0.190. The standard InChI is InChI=1S/C21H21ClFN5O3.C21H22ClN5O3.C21H21FN6O/c22-18-10-16(5-6-19(18)30-12-14-3-1-4-15(23)9-14)28-21-17(20(24)25-13-26-21)11-27-31-8-2-7-29;22-18-11-16(7-8-19(18)29-13-15-5-2-1-3-6-15)27-21-17(20(23)24-14-25-21)12-26-30-10-4-9-28;1-29-26-11-18-20(23)24-13-25-21(18)27-17-5-6-19-15(10-17)7-8-28(19)12-14-3-2-4-16(22)9-14/h1,3-6,9-11,13,29H,2,7-8,12H2,(H3,24,25,26,28);1-3,5-8,11-12,14,28H,4,9-10,13H2,(H3,23,24,25,27);2-6,9-11,13H,7-8,12H2,1H3,(H3,23,24,25,27)/b27-11+;26-12+;26-11+. The van der Waals surface area contributed by atoms with Crippen molar-refractivity contribution in [2.45, 2.75) is 39.0 Å². The highest BCUT2D eigenvalue weighted by Crippen LogP contribution is 2.35. The number of fused-ring (bicyclic) bond motifs is 1. The highest BCUT2D eigenvalue weighted by atomic mass is 35.5. The van der Waals surface area contributed by atoms with Gasteiger partial charge in [0, 0.05) is 61.9 Å². The number of ether oxygens (including phenoxy) is 2.